The second kappa shape index (κ2) is 9.28. The number of nitrogens with zero attached hydrogens (tertiary/aromatic N) is 1. The highest BCUT2D eigenvalue weighted by molar-refractivity contribution is 8.04. The van der Waals surface area contributed by atoms with Crippen molar-refractivity contribution in [2.24, 2.45) is 0 Å². The quantitative estimate of drug-likeness (QED) is 0.416. The van der Waals surface area contributed by atoms with E-state index in [1.54, 1.807) is 54.6 Å². The van der Waals surface area contributed by atoms with E-state index in [1.165, 1.54) is 18.9 Å². The fraction of sp³-hybridized carbons (Fsp3) is 0.0833. The van der Waals surface area contributed by atoms with Crippen LogP contribution < -0.4 is 15.0 Å². The molecular weight excluding hydrogens is 467 g/mol. The molecule has 3 aromatic rings. The molecule has 1 aliphatic heterocycles. The summed E-state index contributed by atoms with van der Waals surface area (Å²) in [7, 11) is 1.49. The first-order valence-corrected chi connectivity index (χ1v) is 11.2. The molecule has 0 saturated carbocycles. The standard InChI is InChI=1S/C24H18Cl2N2O3S/c1-14-7-10-16(13-18(14)26)27-21-22(32-17-11-8-15(25)9-12-17)24(30)28(23(21)29)19-5-3-4-6-20(19)31-2/h3-13,27H,1-2H3. The number of methoxy groups -OCH3 is 1. The maximum Gasteiger partial charge on any atom is 0.283 e. The Hall–Kier alpha value is -2.93. The first kappa shape index (κ1) is 22.3. The van der Waals surface area contributed by atoms with Gasteiger partial charge >= 0.3 is 0 Å². The van der Waals surface area contributed by atoms with Crippen LogP contribution in [0.5, 0.6) is 5.75 Å². The van der Waals surface area contributed by atoms with Gasteiger partial charge in [-0.15, -0.1) is 0 Å². The van der Waals surface area contributed by atoms with Gasteiger partial charge in [0.15, 0.2) is 0 Å². The number of carbonyl (C=O) groups is 2. The van der Waals surface area contributed by atoms with Gasteiger partial charge in [-0.1, -0.05) is 53.2 Å². The minimum absolute atomic E-state index is 0.167. The highest BCUT2D eigenvalue weighted by Gasteiger charge is 2.41. The molecule has 0 atom stereocenters. The molecule has 162 valence electrons. The number of rotatable bonds is 6. The molecule has 32 heavy (non-hydrogen) atoms. The first-order chi connectivity index (χ1) is 15.4. The van der Waals surface area contributed by atoms with Crippen LogP contribution in [-0.2, 0) is 9.59 Å². The van der Waals surface area contributed by atoms with Crippen molar-refractivity contribution in [1.82, 2.24) is 0 Å². The van der Waals surface area contributed by atoms with E-state index in [0.29, 0.717) is 27.2 Å². The molecule has 4 rings (SSSR count). The lowest BCUT2D eigenvalue weighted by Crippen LogP contribution is -2.32. The number of benzene rings is 3. The number of nitrogens with one attached hydrogen (secondary N) is 1. The third kappa shape index (κ3) is 4.35. The third-order valence-electron chi connectivity index (χ3n) is 4.84. The number of halogens is 2. The zero-order chi connectivity index (χ0) is 22.8. The van der Waals surface area contributed by atoms with Crippen LogP contribution in [0.2, 0.25) is 10.0 Å². The van der Waals surface area contributed by atoms with Crippen molar-refractivity contribution in [2.75, 3.05) is 17.3 Å². The minimum Gasteiger partial charge on any atom is -0.495 e. The molecule has 0 aromatic heterocycles. The van der Waals surface area contributed by atoms with Crippen LogP contribution in [0.3, 0.4) is 0 Å². The fourth-order valence-electron chi connectivity index (χ4n) is 3.18. The van der Waals surface area contributed by atoms with E-state index < -0.39 is 11.8 Å². The summed E-state index contributed by atoms with van der Waals surface area (Å²) in [5.41, 5.74) is 2.05. The summed E-state index contributed by atoms with van der Waals surface area (Å²) in [6, 6.07) is 19.3. The largest absolute Gasteiger partial charge is 0.495 e. The normalized spacial score (nSPS) is 13.7. The molecule has 8 heteroatoms. The van der Waals surface area contributed by atoms with Gasteiger partial charge in [0.1, 0.15) is 16.4 Å². The average molecular weight is 485 g/mol. The van der Waals surface area contributed by atoms with Crippen molar-refractivity contribution in [2.45, 2.75) is 11.8 Å². The molecule has 1 N–H and O–H groups in total. The van der Waals surface area contributed by atoms with Gasteiger partial charge in [-0.25, -0.2) is 4.90 Å². The van der Waals surface area contributed by atoms with Crippen LogP contribution in [0.1, 0.15) is 5.56 Å². The van der Waals surface area contributed by atoms with Crippen molar-refractivity contribution < 1.29 is 14.3 Å². The molecule has 1 aliphatic rings. The predicted octanol–water partition coefficient (Wildman–Crippen LogP) is 6.30. The van der Waals surface area contributed by atoms with Gasteiger partial charge in [-0.3, -0.25) is 9.59 Å². The number of aryl methyl sites for hydroxylation is 1. The zero-order valence-corrected chi connectivity index (χ0v) is 19.5. The van der Waals surface area contributed by atoms with E-state index in [2.05, 4.69) is 5.32 Å². The Bertz CT molecular complexity index is 1240. The van der Waals surface area contributed by atoms with Crippen LogP contribution in [0.15, 0.2) is 82.2 Å². The molecule has 1 heterocycles. The maximum absolute atomic E-state index is 13.5. The SMILES string of the molecule is COc1ccccc1N1C(=O)C(Nc2ccc(C)c(Cl)c2)=C(Sc2ccc(Cl)cc2)C1=O. The Morgan fingerprint density at radius 3 is 2.34 bits per heavy atom. The van der Waals surface area contributed by atoms with Gasteiger partial charge in [0.25, 0.3) is 11.8 Å². The van der Waals surface area contributed by atoms with Crippen LogP contribution in [-0.4, -0.2) is 18.9 Å². The summed E-state index contributed by atoms with van der Waals surface area (Å²) in [5.74, 6) is -0.502. The lowest BCUT2D eigenvalue weighted by Gasteiger charge is -2.18. The van der Waals surface area contributed by atoms with Crippen molar-refractivity contribution in [3.8, 4) is 5.75 Å². The molecule has 0 aliphatic carbocycles. The number of amides is 2. The molecule has 5 nitrogen and oxygen atoms in total. The lowest BCUT2D eigenvalue weighted by atomic mass is 10.2. The second-order valence-corrected chi connectivity index (χ2v) is 8.89. The van der Waals surface area contributed by atoms with Crippen LogP contribution in [0.4, 0.5) is 11.4 Å². The molecule has 0 radical (unpaired) electrons. The molecule has 0 bridgehead atoms. The Labute approximate surface area is 200 Å². The highest BCUT2D eigenvalue weighted by Crippen LogP contribution is 2.40. The second-order valence-electron chi connectivity index (χ2n) is 6.97. The Balaban J connectivity index is 1.77. The molecule has 0 saturated heterocycles. The van der Waals surface area contributed by atoms with Crippen LogP contribution in [0.25, 0.3) is 0 Å². The number of ether oxygens (including phenoxy) is 1. The summed E-state index contributed by atoms with van der Waals surface area (Å²) >= 11 is 13.4. The molecular formula is C24H18Cl2N2O3S. The first-order valence-electron chi connectivity index (χ1n) is 9.61. The summed E-state index contributed by atoms with van der Waals surface area (Å²) < 4.78 is 5.38. The van der Waals surface area contributed by atoms with Gasteiger partial charge < -0.3 is 10.1 Å². The number of hydrogen-bond donors (Lipinski definition) is 1. The van der Waals surface area contributed by atoms with E-state index in [4.69, 9.17) is 27.9 Å². The van der Waals surface area contributed by atoms with Gasteiger partial charge in [0, 0.05) is 20.6 Å². The van der Waals surface area contributed by atoms with E-state index >= 15 is 0 Å². The van der Waals surface area contributed by atoms with Crippen LogP contribution >= 0.6 is 35.0 Å². The summed E-state index contributed by atoms with van der Waals surface area (Å²) in [6.45, 7) is 1.89. The van der Waals surface area contributed by atoms with Crippen molar-refractivity contribution in [1.29, 1.82) is 0 Å². The lowest BCUT2D eigenvalue weighted by molar-refractivity contribution is -0.120. The Morgan fingerprint density at radius 1 is 0.938 bits per heavy atom. The Morgan fingerprint density at radius 2 is 1.66 bits per heavy atom. The smallest absolute Gasteiger partial charge is 0.283 e. The predicted molar refractivity (Wildman–Crippen MR) is 130 cm³/mol. The molecule has 0 fully saturated rings. The minimum atomic E-state index is -0.479. The summed E-state index contributed by atoms with van der Waals surface area (Å²) in [5, 5.41) is 4.24. The maximum atomic E-state index is 13.5. The number of imide groups is 1. The fourth-order valence-corrected chi connectivity index (χ4v) is 4.42. The third-order valence-corrected chi connectivity index (χ3v) is 6.59. The highest BCUT2D eigenvalue weighted by atomic mass is 35.5. The average Bonchev–Trinajstić information content (AvgIpc) is 3.01. The van der Waals surface area contributed by atoms with E-state index in [0.717, 1.165) is 15.4 Å². The van der Waals surface area contributed by atoms with Gasteiger partial charge in [0.2, 0.25) is 0 Å². The van der Waals surface area contributed by atoms with E-state index in [-0.39, 0.29) is 10.6 Å². The van der Waals surface area contributed by atoms with Gasteiger partial charge in [0.05, 0.1) is 12.8 Å². The molecule has 2 amide bonds. The van der Waals surface area contributed by atoms with Crippen LogP contribution in [0, 0.1) is 6.92 Å². The number of anilines is 2. The molecule has 3 aromatic carbocycles. The topological polar surface area (TPSA) is 58.6 Å². The number of hydrogen-bond acceptors (Lipinski definition) is 5. The summed E-state index contributed by atoms with van der Waals surface area (Å²) in [4.78, 5) is 29.1. The number of carbonyl (C=O) groups excluding carboxylic acids is 2. The Kier molecular flexibility index (Phi) is 6.46. The zero-order valence-electron chi connectivity index (χ0n) is 17.2. The summed E-state index contributed by atoms with van der Waals surface area (Å²) in [6.07, 6.45) is 0. The van der Waals surface area contributed by atoms with E-state index in [1.807, 2.05) is 19.1 Å². The number of para-hydroxylation sites is 2. The van der Waals surface area contributed by atoms with Crippen molar-refractivity contribution in [3.05, 3.63) is 92.9 Å². The van der Waals surface area contributed by atoms with Crippen molar-refractivity contribution >= 4 is 58.2 Å². The molecule has 0 unspecified atom stereocenters. The molecule has 0 spiro atoms. The monoisotopic (exact) mass is 484 g/mol. The van der Waals surface area contributed by atoms with Crippen molar-refractivity contribution in [3.63, 3.8) is 0 Å². The van der Waals surface area contributed by atoms with E-state index in [9.17, 15) is 9.59 Å². The van der Waals surface area contributed by atoms with Gasteiger partial charge in [-0.2, -0.15) is 0 Å². The number of thioether (sulfide) groups is 1. The van der Waals surface area contributed by atoms with Gasteiger partial charge in [-0.05, 0) is 61.0 Å².